The van der Waals surface area contributed by atoms with Crippen molar-refractivity contribution in [1.29, 1.82) is 0 Å². The molecule has 3 N–H and O–H groups in total. The summed E-state index contributed by atoms with van der Waals surface area (Å²) in [5.41, 5.74) is 12.9. The Morgan fingerprint density at radius 1 is 0.976 bits per heavy atom. The zero-order chi connectivity index (χ0) is 29.2. The first-order chi connectivity index (χ1) is 19.7. The summed E-state index contributed by atoms with van der Waals surface area (Å²) in [5, 5.41) is 23.3. The van der Waals surface area contributed by atoms with Crippen molar-refractivity contribution in [2.24, 2.45) is 15.0 Å². The second-order valence-electron chi connectivity index (χ2n) is 11.0. The SMILES string of the molecule is CCc1c(C)c2[nH]c1=CC1=C(C)C3=C(O)CC(=C4N=C(C=C5N=C(C=2)C(CO)=C5C)C(C)=C4CCC(=O)OC)C3=N1. The molecule has 8 heteroatoms. The molecule has 8 bridgehead atoms. The van der Waals surface area contributed by atoms with Crippen LogP contribution in [0.4, 0.5) is 0 Å². The Morgan fingerprint density at radius 3 is 2.46 bits per heavy atom. The Bertz CT molecular complexity index is 1860. The van der Waals surface area contributed by atoms with E-state index in [9.17, 15) is 15.0 Å². The Morgan fingerprint density at radius 2 is 1.76 bits per heavy atom. The van der Waals surface area contributed by atoms with Gasteiger partial charge in [-0.05, 0) is 92.2 Å². The molecule has 8 nitrogen and oxygen atoms in total. The normalized spacial score (nSPS) is 19.6. The van der Waals surface area contributed by atoms with Crippen LogP contribution in [-0.2, 0) is 16.0 Å². The van der Waals surface area contributed by atoms with E-state index in [1.54, 1.807) is 0 Å². The highest BCUT2D eigenvalue weighted by molar-refractivity contribution is 6.25. The number of ether oxygens (including phenoxy) is 1. The number of aliphatic imine (C=N–C) groups is 3. The summed E-state index contributed by atoms with van der Waals surface area (Å²) in [5.74, 6) is -0.0105. The molecular weight excluding hydrogens is 516 g/mol. The maximum Gasteiger partial charge on any atom is 0.305 e. The minimum atomic E-state index is -0.292. The van der Waals surface area contributed by atoms with Crippen LogP contribution in [0.3, 0.4) is 0 Å². The lowest BCUT2D eigenvalue weighted by Gasteiger charge is -2.09. The molecule has 5 aliphatic rings. The number of rotatable bonds is 5. The quantitative estimate of drug-likeness (QED) is 0.480. The van der Waals surface area contributed by atoms with Gasteiger partial charge in [-0.25, -0.2) is 15.0 Å². The number of nitrogens with one attached hydrogen (secondary N) is 1. The highest BCUT2D eigenvalue weighted by Crippen LogP contribution is 2.44. The van der Waals surface area contributed by atoms with Crippen LogP contribution in [0.1, 0.15) is 58.1 Å². The van der Waals surface area contributed by atoms with Crippen molar-refractivity contribution in [3.63, 3.8) is 0 Å². The number of allylic oxidation sites excluding steroid dienone is 8. The lowest BCUT2D eigenvalue weighted by atomic mass is 9.95. The number of esters is 1. The number of hydrogen-bond acceptors (Lipinski definition) is 7. The molecule has 0 spiro atoms. The molecule has 0 atom stereocenters. The molecule has 6 rings (SSSR count). The summed E-state index contributed by atoms with van der Waals surface area (Å²) in [6.45, 7) is 10.1. The smallest absolute Gasteiger partial charge is 0.305 e. The predicted molar refractivity (Wildman–Crippen MR) is 161 cm³/mol. The van der Waals surface area contributed by atoms with Gasteiger partial charge >= 0.3 is 5.97 Å². The van der Waals surface area contributed by atoms with Gasteiger partial charge in [-0.3, -0.25) is 4.79 Å². The Kier molecular flexibility index (Phi) is 6.53. The van der Waals surface area contributed by atoms with E-state index in [4.69, 9.17) is 19.7 Å². The molecule has 210 valence electrons. The van der Waals surface area contributed by atoms with Gasteiger partial charge in [-0.2, -0.15) is 0 Å². The van der Waals surface area contributed by atoms with Gasteiger partial charge in [0.1, 0.15) is 5.76 Å². The summed E-state index contributed by atoms with van der Waals surface area (Å²) in [6.07, 6.45) is 7.83. The van der Waals surface area contributed by atoms with Crippen LogP contribution in [0.2, 0.25) is 0 Å². The molecule has 41 heavy (non-hydrogen) atoms. The van der Waals surface area contributed by atoms with Crippen molar-refractivity contribution in [3.8, 4) is 0 Å². The number of methoxy groups -OCH3 is 1. The van der Waals surface area contributed by atoms with E-state index in [0.29, 0.717) is 12.8 Å². The molecule has 0 saturated carbocycles. The van der Waals surface area contributed by atoms with Gasteiger partial charge in [0.15, 0.2) is 0 Å². The van der Waals surface area contributed by atoms with Gasteiger partial charge in [-0.1, -0.05) is 6.92 Å². The third-order valence-corrected chi connectivity index (χ3v) is 8.78. The summed E-state index contributed by atoms with van der Waals surface area (Å²) in [7, 11) is 1.39. The van der Waals surface area contributed by atoms with Crippen molar-refractivity contribution in [3.05, 3.63) is 89.8 Å². The highest BCUT2D eigenvalue weighted by Gasteiger charge is 2.37. The number of aliphatic hydroxyl groups excluding tert-OH is 2. The number of carbonyl (C=O) groups excluding carboxylic acids is 1. The lowest BCUT2D eigenvalue weighted by Crippen LogP contribution is -2.15. The fourth-order valence-corrected chi connectivity index (χ4v) is 6.33. The van der Waals surface area contributed by atoms with E-state index in [2.05, 4.69) is 24.9 Å². The number of H-pyrrole nitrogens is 1. The average Bonchev–Trinajstić information content (AvgIpc) is 3.70. The van der Waals surface area contributed by atoms with Crippen LogP contribution < -0.4 is 10.7 Å². The largest absolute Gasteiger partial charge is 0.511 e. The fraction of sp³-hybridized carbons (Fsp3) is 0.333. The number of fused-ring (bicyclic) bond motifs is 5. The first kappa shape index (κ1) is 26.9. The number of carbonyl (C=O) groups is 1. The zero-order valence-corrected chi connectivity index (χ0v) is 24.3. The third kappa shape index (κ3) is 4.16. The minimum absolute atomic E-state index is 0.129. The number of nitrogens with zero attached hydrogens (tertiary/aromatic N) is 3. The highest BCUT2D eigenvalue weighted by atomic mass is 16.5. The number of aromatic amines is 1. The van der Waals surface area contributed by atoms with Crippen molar-refractivity contribution in [2.45, 2.75) is 60.3 Å². The van der Waals surface area contributed by atoms with Crippen LogP contribution in [0.15, 0.2) is 82.9 Å². The minimum Gasteiger partial charge on any atom is -0.511 e. The van der Waals surface area contributed by atoms with Crippen LogP contribution >= 0.6 is 0 Å². The van der Waals surface area contributed by atoms with Crippen molar-refractivity contribution in [1.82, 2.24) is 4.98 Å². The van der Waals surface area contributed by atoms with Gasteiger partial charge < -0.3 is 19.9 Å². The second-order valence-corrected chi connectivity index (χ2v) is 11.0. The summed E-state index contributed by atoms with van der Waals surface area (Å²) >= 11 is 0. The molecule has 0 radical (unpaired) electrons. The predicted octanol–water partition coefficient (Wildman–Crippen LogP) is 4.03. The molecule has 0 amide bonds. The first-order valence-corrected chi connectivity index (χ1v) is 14.0. The van der Waals surface area contributed by atoms with E-state index < -0.39 is 0 Å². The summed E-state index contributed by atoms with van der Waals surface area (Å²) in [6, 6.07) is 0. The van der Waals surface area contributed by atoms with E-state index in [0.717, 1.165) is 95.9 Å². The van der Waals surface area contributed by atoms with Crippen LogP contribution in [0.25, 0.3) is 12.2 Å². The molecule has 4 aliphatic heterocycles. The Balaban J connectivity index is 1.66. The van der Waals surface area contributed by atoms with Crippen molar-refractivity contribution < 1.29 is 19.7 Å². The molecule has 1 aromatic heterocycles. The number of aliphatic hydroxyl groups is 2. The van der Waals surface area contributed by atoms with Gasteiger partial charge in [0.25, 0.3) is 0 Å². The molecule has 1 aliphatic carbocycles. The van der Waals surface area contributed by atoms with Gasteiger partial charge in [0, 0.05) is 40.3 Å². The standard InChI is InChI=1S/C33H34N4O4/c1-7-19-15(2)24-12-28-22(14-38)17(4)23(35-28)11-25-16(3)20(8-9-30(40)41-6)32(36-25)21-10-29(39)31-18(5)26(37-33(21)31)13-27(19)34-24/h11-13,34,38-39H,7-10,14H2,1-6H3. The fourth-order valence-electron chi connectivity index (χ4n) is 6.33. The molecule has 1 aromatic rings. The van der Waals surface area contributed by atoms with Crippen LogP contribution in [0, 0.1) is 6.92 Å². The lowest BCUT2D eigenvalue weighted by molar-refractivity contribution is -0.140. The molecule has 5 heterocycles. The molecule has 0 aromatic carbocycles. The third-order valence-electron chi connectivity index (χ3n) is 8.78. The second kappa shape index (κ2) is 9.96. The maximum atomic E-state index is 12.1. The zero-order valence-electron chi connectivity index (χ0n) is 24.3. The first-order valence-electron chi connectivity index (χ1n) is 14.0. The number of hydrogen-bond donors (Lipinski definition) is 3. The molecule has 0 unspecified atom stereocenters. The van der Waals surface area contributed by atoms with Crippen molar-refractivity contribution >= 4 is 35.3 Å². The molecule has 0 saturated heterocycles. The van der Waals surface area contributed by atoms with Crippen molar-refractivity contribution in [2.75, 3.05) is 13.7 Å². The van der Waals surface area contributed by atoms with Crippen LogP contribution in [0.5, 0.6) is 0 Å². The summed E-state index contributed by atoms with van der Waals surface area (Å²) < 4.78 is 4.93. The summed E-state index contributed by atoms with van der Waals surface area (Å²) in [4.78, 5) is 30.8. The average molecular weight is 551 g/mol. The van der Waals surface area contributed by atoms with Gasteiger partial charge in [0.05, 0.1) is 47.9 Å². The van der Waals surface area contributed by atoms with Gasteiger partial charge in [-0.15, -0.1) is 0 Å². The van der Waals surface area contributed by atoms with E-state index in [-0.39, 0.29) is 24.8 Å². The molecular formula is C33H34N4O4. The van der Waals surface area contributed by atoms with Crippen LogP contribution in [-0.4, -0.2) is 52.0 Å². The topological polar surface area (TPSA) is 120 Å². The van der Waals surface area contributed by atoms with E-state index in [1.165, 1.54) is 12.7 Å². The van der Waals surface area contributed by atoms with E-state index in [1.807, 2.05) is 32.9 Å². The maximum absolute atomic E-state index is 12.1. The monoisotopic (exact) mass is 550 g/mol. The van der Waals surface area contributed by atoms with Gasteiger partial charge in [0.2, 0.25) is 0 Å². The van der Waals surface area contributed by atoms with E-state index >= 15 is 0 Å². The number of aromatic nitrogens is 1. The Labute approximate surface area is 238 Å². The molecule has 0 fully saturated rings. The Hall–Kier alpha value is -4.30.